The number of nitrogens with zero attached hydrogens (tertiary/aromatic N) is 5. The number of nitrogens with two attached hydrogens (primary N) is 1. The van der Waals surface area contributed by atoms with Gasteiger partial charge < -0.3 is 61.8 Å². The van der Waals surface area contributed by atoms with E-state index in [1.807, 2.05) is 78.7 Å². The van der Waals surface area contributed by atoms with Crippen LogP contribution in [0.5, 0.6) is 0 Å². The van der Waals surface area contributed by atoms with Crippen molar-refractivity contribution in [2.24, 2.45) is 29.4 Å². The van der Waals surface area contributed by atoms with E-state index < -0.39 is 18.8 Å². The molecule has 1 atom stereocenters. The molecule has 2 aliphatic carbocycles. The summed E-state index contributed by atoms with van der Waals surface area (Å²) in [5.41, 5.74) is 7.69. The maximum atomic E-state index is 11.8. The summed E-state index contributed by atoms with van der Waals surface area (Å²) in [5.74, 6) is 4.30. The first-order chi connectivity index (χ1) is 46.6. The molecule has 4 saturated heterocycles. The average Bonchev–Trinajstić information content (AvgIpc) is 1.38. The van der Waals surface area contributed by atoms with Crippen molar-refractivity contribution in [2.75, 3.05) is 132 Å². The number of benzene rings is 1. The smallest absolute Gasteiger partial charge is 0.386 e. The molecule has 0 spiro atoms. The van der Waals surface area contributed by atoms with Crippen LogP contribution in [-0.4, -0.2) is 206 Å². The minimum absolute atomic E-state index is 0. The molecule has 1 aromatic carbocycles. The van der Waals surface area contributed by atoms with E-state index in [0.29, 0.717) is 24.4 Å². The number of aliphatic hydroxyl groups excluding tert-OH is 1. The lowest BCUT2D eigenvalue weighted by molar-refractivity contribution is -0.136. The number of carbonyl (C=O) groups is 3. The summed E-state index contributed by atoms with van der Waals surface area (Å²) in [6, 6.07) is 15.3. The Morgan fingerprint density at radius 2 is 1.05 bits per heavy atom. The molecular weight excluding hydrogens is 1290 g/mol. The first kappa shape index (κ1) is 120. The van der Waals surface area contributed by atoms with E-state index in [0.717, 1.165) is 121 Å². The number of unbranched alkanes of at least 4 members (excludes halogenated alkanes) is 2. The Kier molecular flexibility index (Phi) is 109. The fourth-order valence-electron chi connectivity index (χ4n) is 6.61. The minimum Gasteiger partial charge on any atom is -0.397 e. The third-order valence-electron chi connectivity index (χ3n) is 12.8. The van der Waals surface area contributed by atoms with Gasteiger partial charge in [-0.15, -0.1) is 0 Å². The lowest BCUT2D eigenvalue weighted by Gasteiger charge is -2.39. The van der Waals surface area contributed by atoms with Crippen LogP contribution in [0.15, 0.2) is 54.9 Å². The zero-order chi connectivity index (χ0) is 79.1. The fourth-order valence-corrected chi connectivity index (χ4v) is 6.61. The van der Waals surface area contributed by atoms with E-state index in [2.05, 4.69) is 163 Å². The van der Waals surface area contributed by atoms with Gasteiger partial charge in [-0.25, -0.2) is 8.78 Å². The van der Waals surface area contributed by atoms with Crippen LogP contribution >= 0.6 is 0 Å². The van der Waals surface area contributed by atoms with E-state index in [4.69, 9.17) is 15.6 Å². The van der Waals surface area contributed by atoms with Crippen molar-refractivity contribution in [2.45, 2.75) is 267 Å². The molecule has 1 aromatic heterocycles. The van der Waals surface area contributed by atoms with Crippen molar-refractivity contribution in [3.63, 3.8) is 0 Å². The number of rotatable bonds is 12. The third-order valence-corrected chi connectivity index (χ3v) is 12.8. The molecule has 8 rings (SSSR count). The molecule has 2 saturated carbocycles. The Balaban J connectivity index is -0.0000000961. The molecule has 604 valence electrons. The largest absolute Gasteiger partial charge is 0.397 e. The molecule has 5 heterocycles. The first-order valence-electron chi connectivity index (χ1n) is 37.0. The van der Waals surface area contributed by atoms with E-state index in [1.165, 1.54) is 82.9 Å². The molecule has 0 radical (unpaired) electrons. The molecule has 2 amide bonds. The number of alkyl halides is 8. The molecule has 6 fully saturated rings. The van der Waals surface area contributed by atoms with Crippen LogP contribution in [0.3, 0.4) is 0 Å². The summed E-state index contributed by atoms with van der Waals surface area (Å²) >= 11 is 0. The van der Waals surface area contributed by atoms with Gasteiger partial charge in [0.15, 0.2) is 0 Å². The molecular formula is C77H161F8N11O4. The minimum atomic E-state index is -4.00. The normalized spacial score (nSPS) is 15.1. The van der Waals surface area contributed by atoms with Crippen LogP contribution in [0.1, 0.15) is 235 Å². The quantitative estimate of drug-likeness (QED) is 0.0998. The number of halogens is 8. The Morgan fingerprint density at radius 1 is 0.670 bits per heavy atom. The van der Waals surface area contributed by atoms with Gasteiger partial charge in [-0.05, 0) is 89.2 Å². The highest BCUT2D eigenvalue weighted by Gasteiger charge is 2.29. The second-order valence-electron chi connectivity index (χ2n) is 24.4. The number of aromatic nitrogens is 1. The Labute approximate surface area is 611 Å². The fraction of sp³-hybridized carbons (Fsp3) is 0.818. The number of likely N-dealkylation sites (tertiary alicyclic amines) is 2. The van der Waals surface area contributed by atoms with Gasteiger partial charge in [0.2, 0.25) is 18.2 Å². The topological polar surface area (TPSA) is 183 Å². The molecule has 0 bridgehead atoms. The highest BCUT2D eigenvalue weighted by Crippen LogP contribution is 2.31. The highest BCUT2D eigenvalue weighted by molar-refractivity contribution is 5.78. The van der Waals surface area contributed by atoms with Gasteiger partial charge in [0.1, 0.15) is 6.79 Å². The van der Waals surface area contributed by atoms with Crippen molar-refractivity contribution < 1.29 is 54.6 Å². The van der Waals surface area contributed by atoms with Gasteiger partial charge in [-0.1, -0.05) is 220 Å². The number of hydrogen-bond acceptors (Lipinski definition) is 13. The average molecular weight is 1460 g/mol. The molecule has 100 heavy (non-hydrogen) atoms. The number of hydrogen-bond donors (Lipinski definition) is 7. The van der Waals surface area contributed by atoms with Gasteiger partial charge in [0.05, 0.1) is 12.2 Å². The number of piperazine rings is 2. The molecule has 23 heteroatoms. The lowest BCUT2D eigenvalue weighted by atomic mass is 10.1. The van der Waals surface area contributed by atoms with E-state index >= 15 is 0 Å². The molecule has 6 aliphatic rings. The van der Waals surface area contributed by atoms with E-state index in [1.54, 1.807) is 24.2 Å². The van der Waals surface area contributed by atoms with Crippen LogP contribution in [0.25, 0.3) is 0 Å². The molecule has 2 aromatic rings. The van der Waals surface area contributed by atoms with Crippen LogP contribution in [0.2, 0.25) is 0 Å². The first-order valence-corrected chi connectivity index (χ1v) is 37.0. The number of aryl methyl sites for hydroxylation is 1. The van der Waals surface area contributed by atoms with E-state index in [-0.39, 0.29) is 40.3 Å². The summed E-state index contributed by atoms with van der Waals surface area (Å²) in [6.45, 7) is 55.1. The van der Waals surface area contributed by atoms with Crippen LogP contribution in [0.4, 0.5) is 40.8 Å². The number of anilines is 1. The maximum absolute atomic E-state index is 11.8. The number of pyridine rings is 1. The summed E-state index contributed by atoms with van der Waals surface area (Å²) < 4.78 is 82.8. The summed E-state index contributed by atoms with van der Waals surface area (Å²) in [7, 11) is 7.89. The van der Waals surface area contributed by atoms with Gasteiger partial charge in [0, 0.05) is 143 Å². The van der Waals surface area contributed by atoms with Gasteiger partial charge in [0.25, 0.3) is 0 Å². The zero-order valence-electron chi connectivity index (χ0n) is 67.8. The van der Waals surface area contributed by atoms with Crippen molar-refractivity contribution in [3.05, 3.63) is 60.4 Å². The van der Waals surface area contributed by atoms with Crippen molar-refractivity contribution in [1.29, 1.82) is 0 Å². The Morgan fingerprint density at radius 3 is 1.27 bits per heavy atom. The second kappa shape index (κ2) is 91.0. The predicted molar refractivity (Wildman–Crippen MR) is 419 cm³/mol. The number of nitrogens with one attached hydrogen (secondary N) is 5. The summed E-state index contributed by atoms with van der Waals surface area (Å²) in [5, 5.41) is 23.4. The van der Waals surface area contributed by atoms with Crippen LogP contribution in [-0.2, 0) is 20.8 Å². The zero-order valence-corrected chi connectivity index (χ0v) is 67.8. The lowest BCUT2D eigenvalue weighted by Crippen LogP contribution is -2.59. The Bertz CT molecular complexity index is 1710. The molecule has 8 N–H and O–H groups in total. The molecule has 4 aliphatic heterocycles. The molecule has 15 nitrogen and oxygen atoms in total. The van der Waals surface area contributed by atoms with Gasteiger partial charge in [-0.2, -0.15) is 26.3 Å². The van der Waals surface area contributed by atoms with Crippen molar-refractivity contribution >= 4 is 24.3 Å². The van der Waals surface area contributed by atoms with Crippen LogP contribution < -0.4 is 32.3 Å². The summed E-state index contributed by atoms with van der Waals surface area (Å²) in [6.07, 6.45) is 10.3. The number of likely N-dealkylation sites (N-methyl/N-ethyl adjacent to an activating group) is 3. The number of aliphatic hydroxyl groups is 1. The third kappa shape index (κ3) is 127. The monoisotopic (exact) mass is 1460 g/mol. The molecule has 1 unspecified atom stereocenters. The number of carbonyl (C=O) groups excluding carboxylic acids is 3. The summed E-state index contributed by atoms with van der Waals surface area (Å²) in [4.78, 5) is 43.2. The van der Waals surface area contributed by atoms with Gasteiger partial charge in [-0.3, -0.25) is 14.6 Å². The Hall–Kier alpha value is -4.10. The SMILES string of the molecule is C.C=O.CC.CC.CC(C)C.CC(F)(F)F.CC(F)(F)F.CC(F)F.CC1CC1.CCC.CCC(C)C.CCC1CC1.CCCCC.CCO.CCc1ccccc1.CN1CCNCC1.CNC1CCN(C(=O)CN)C1.CNC1CN(C(=O)CCN2CCNCC2)C1.CNc1cccnc1. The standard InChI is InChI=1S/C11H22N4O.C8H10.C7H15N3O.C6H8N2.C5H12N2.C5H10.2C5H12.C4H8.C4H10.C3H8.2C2H3F3.C2H4F2.C2H6O.2C2H6.CH2O.CH4/c1-12-10-8-15(9-10)11(16)2-5-14-6-3-13-4-7-14;1-2-8-6-4-3-5-7-8;1-9-6-2-3-10(5-6)7(11)4-8;1-7-6-3-2-4-8-5-6;1-7-4-2-6-3-5-7;1-2-5-3-4-5;1-4-5(2)3;1-3-5-4-2;1-4-2-3-4;1-4(2)3;1-3-2;2*1-2(3,4)5;1-2(3)4;1-2-3;3*1-2;/h10,12-13H,2-9H2,1H3;3-7H,2H2,1H3;6,9H,2-5,8H2,1H3;2-5,7H,1H3;6H,2-5H2,1H3;5H,2-4H2,1H3;5H,4H2,1-3H3;3-5H2,1-2H3;4H,2-3H2,1H3;4H,1-3H3;3H2,1-2H3;2*1H3;2H,1H3;3H,2H2,1H3;2*1-2H3;1H2;1H4. The van der Waals surface area contributed by atoms with E-state index in [9.17, 15) is 44.7 Å². The van der Waals surface area contributed by atoms with Gasteiger partial charge >= 0.3 is 12.4 Å². The highest BCUT2D eigenvalue weighted by atomic mass is 19.4. The van der Waals surface area contributed by atoms with Crippen LogP contribution in [0, 0.1) is 23.7 Å². The second-order valence-corrected chi connectivity index (χ2v) is 24.4. The van der Waals surface area contributed by atoms with Crippen molar-refractivity contribution in [1.82, 2.24) is 45.9 Å². The predicted octanol–water partition coefficient (Wildman–Crippen LogP) is 17.8. The number of amides is 2. The van der Waals surface area contributed by atoms with Crippen molar-refractivity contribution in [3.8, 4) is 0 Å². The maximum Gasteiger partial charge on any atom is 0.386 e.